The molecule has 1 amide bonds. The van der Waals surface area contributed by atoms with E-state index in [1.54, 1.807) is 0 Å². The second-order valence-electron chi connectivity index (χ2n) is 3.61. The molecule has 0 saturated carbocycles. The Morgan fingerprint density at radius 2 is 1.81 bits per heavy atom. The van der Waals surface area contributed by atoms with Gasteiger partial charge in [0.2, 0.25) is 5.91 Å². The summed E-state index contributed by atoms with van der Waals surface area (Å²) in [5.74, 6) is 0.720. The average molecular weight is 237 g/mol. The van der Waals surface area contributed by atoms with Crippen molar-refractivity contribution in [1.82, 2.24) is 0 Å². The molecular formula is C12H15NO2S. The van der Waals surface area contributed by atoms with Crippen molar-refractivity contribution in [3.63, 3.8) is 0 Å². The lowest BCUT2D eigenvalue weighted by molar-refractivity contribution is -0.114. The molecule has 0 aliphatic rings. The van der Waals surface area contributed by atoms with Crippen LogP contribution >= 0.6 is 11.8 Å². The van der Waals surface area contributed by atoms with E-state index in [-0.39, 0.29) is 11.7 Å². The van der Waals surface area contributed by atoms with Gasteiger partial charge in [-0.25, -0.2) is 0 Å². The van der Waals surface area contributed by atoms with Gasteiger partial charge >= 0.3 is 0 Å². The van der Waals surface area contributed by atoms with Gasteiger partial charge in [-0.05, 0) is 26.0 Å². The van der Waals surface area contributed by atoms with Crippen LogP contribution in [0.25, 0.3) is 0 Å². The first-order valence-electron chi connectivity index (χ1n) is 5.01. The second-order valence-corrected chi connectivity index (χ2v) is 4.59. The number of hydrogen-bond acceptors (Lipinski definition) is 3. The van der Waals surface area contributed by atoms with Crippen LogP contribution in [-0.4, -0.2) is 23.2 Å². The first-order chi connectivity index (χ1) is 7.58. The number of hydrogen-bond donors (Lipinski definition) is 1. The Kier molecular flexibility index (Phi) is 5.05. The fourth-order valence-electron chi connectivity index (χ4n) is 1.12. The summed E-state index contributed by atoms with van der Waals surface area (Å²) >= 11 is 1.33. The minimum Gasteiger partial charge on any atom is -0.325 e. The molecule has 0 aliphatic carbocycles. The van der Waals surface area contributed by atoms with Gasteiger partial charge in [-0.1, -0.05) is 17.7 Å². The van der Waals surface area contributed by atoms with Gasteiger partial charge in [-0.2, -0.15) is 0 Å². The van der Waals surface area contributed by atoms with Gasteiger partial charge in [0.25, 0.3) is 0 Å². The van der Waals surface area contributed by atoms with Crippen molar-refractivity contribution in [2.75, 3.05) is 16.8 Å². The molecule has 16 heavy (non-hydrogen) atoms. The zero-order chi connectivity index (χ0) is 12.0. The molecule has 1 aromatic carbocycles. The second kappa shape index (κ2) is 6.33. The highest BCUT2D eigenvalue weighted by Crippen LogP contribution is 2.09. The summed E-state index contributed by atoms with van der Waals surface area (Å²) in [5, 5.41) is 2.77. The molecule has 0 fully saturated rings. The Labute approximate surface area is 99.6 Å². The predicted octanol–water partition coefficient (Wildman–Crippen LogP) is 2.26. The van der Waals surface area contributed by atoms with Gasteiger partial charge in [0, 0.05) is 5.69 Å². The molecule has 0 saturated heterocycles. The maximum absolute atomic E-state index is 11.4. The van der Waals surface area contributed by atoms with Crippen LogP contribution in [0.15, 0.2) is 24.3 Å². The van der Waals surface area contributed by atoms with Crippen LogP contribution < -0.4 is 5.32 Å². The molecule has 1 aromatic rings. The third kappa shape index (κ3) is 4.98. The van der Waals surface area contributed by atoms with Gasteiger partial charge in [-0.3, -0.25) is 9.59 Å². The number of carbonyl (C=O) groups is 2. The number of nitrogens with one attached hydrogen (secondary N) is 1. The third-order valence-corrected chi connectivity index (χ3v) is 2.95. The van der Waals surface area contributed by atoms with Gasteiger partial charge in [0.15, 0.2) is 0 Å². The molecule has 0 bridgehead atoms. The van der Waals surface area contributed by atoms with E-state index >= 15 is 0 Å². The van der Waals surface area contributed by atoms with E-state index in [9.17, 15) is 9.59 Å². The maximum Gasteiger partial charge on any atom is 0.234 e. The summed E-state index contributed by atoms with van der Waals surface area (Å²) in [7, 11) is 0. The Morgan fingerprint density at radius 3 is 2.38 bits per heavy atom. The zero-order valence-electron chi connectivity index (χ0n) is 9.45. The monoisotopic (exact) mass is 237 g/mol. The average Bonchev–Trinajstić information content (AvgIpc) is 2.21. The van der Waals surface area contributed by atoms with Crippen molar-refractivity contribution < 1.29 is 9.59 Å². The van der Waals surface area contributed by atoms with E-state index < -0.39 is 0 Å². The Morgan fingerprint density at radius 1 is 1.19 bits per heavy atom. The van der Waals surface area contributed by atoms with E-state index in [1.807, 2.05) is 31.2 Å². The standard InChI is InChI=1S/C12H15NO2S/c1-9-3-5-11(6-4-9)13-12(15)8-16-7-10(2)14/h3-6H,7-8H2,1-2H3,(H,13,15). The Bertz CT molecular complexity index is 373. The molecular weight excluding hydrogens is 222 g/mol. The van der Waals surface area contributed by atoms with Gasteiger partial charge in [0.1, 0.15) is 5.78 Å². The third-order valence-electron chi connectivity index (χ3n) is 1.87. The van der Waals surface area contributed by atoms with Crippen molar-refractivity contribution in [1.29, 1.82) is 0 Å². The van der Waals surface area contributed by atoms with Crippen molar-refractivity contribution in [2.45, 2.75) is 13.8 Å². The lowest BCUT2D eigenvalue weighted by Gasteiger charge is -2.04. The Balaban J connectivity index is 2.34. The van der Waals surface area contributed by atoms with Gasteiger partial charge in [-0.15, -0.1) is 11.8 Å². The molecule has 1 rings (SSSR count). The van der Waals surface area contributed by atoms with Crippen LogP contribution in [0.2, 0.25) is 0 Å². The molecule has 0 spiro atoms. The van der Waals surface area contributed by atoms with Crippen LogP contribution in [0.5, 0.6) is 0 Å². The molecule has 0 radical (unpaired) electrons. The number of rotatable bonds is 5. The highest BCUT2D eigenvalue weighted by Gasteiger charge is 2.03. The normalized spacial score (nSPS) is 9.88. The largest absolute Gasteiger partial charge is 0.325 e. The van der Waals surface area contributed by atoms with Crippen molar-refractivity contribution in [3.05, 3.63) is 29.8 Å². The Hall–Kier alpha value is -1.29. The van der Waals surface area contributed by atoms with Crippen molar-refractivity contribution >= 4 is 29.1 Å². The van der Waals surface area contributed by atoms with Crippen LogP contribution in [0.1, 0.15) is 12.5 Å². The summed E-state index contributed by atoms with van der Waals surface area (Å²) in [5.41, 5.74) is 1.95. The molecule has 0 heterocycles. The summed E-state index contributed by atoms with van der Waals surface area (Å²) in [6.07, 6.45) is 0. The number of carbonyl (C=O) groups excluding carboxylic acids is 2. The number of benzene rings is 1. The number of Topliss-reactive ketones (excluding diaryl/α,β-unsaturated/α-hetero) is 1. The number of aryl methyl sites for hydroxylation is 1. The molecule has 86 valence electrons. The highest BCUT2D eigenvalue weighted by molar-refractivity contribution is 8.00. The van der Waals surface area contributed by atoms with Crippen LogP contribution in [-0.2, 0) is 9.59 Å². The topological polar surface area (TPSA) is 46.2 Å². The number of thioether (sulfide) groups is 1. The van der Waals surface area contributed by atoms with Crippen molar-refractivity contribution in [3.8, 4) is 0 Å². The quantitative estimate of drug-likeness (QED) is 0.854. The maximum atomic E-state index is 11.4. The van der Waals surface area contributed by atoms with Crippen molar-refractivity contribution in [2.24, 2.45) is 0 Å². The summed E-state index contributed by atoms with van der Waals surface area (Å²) in [6.45, 7) is 3.51. The molecule has 0 aromatic heterocycles. The van der Waals surface area contributed by atoms with Crippen LogP contribution in [0, 0.1) is 6.92 Å². The van der Waals surface area contributed by atoms with E-state index in [4.69, 9.17) is 0 Å². The number of anilines is 1. The molecule has 0 unspecified atom stereocenters. The van der Waals surface area contributed by atoms with E-state index in [0.29, 0.717) is 11.5 Å². The van der Waals surface area contributed by atoms with Crippen LogP contribution in [0.4, 0.5) is 5.69 Å². The van der Waals surface area contributed by atoms with Gasteiger partial charge in [0.05, 0.1) is 11.5 Å². The lowest BCUT2D eigenvalue weighted by Crippen LogP contribution is -2.14. The minimum absolute atomic E-state index is 0.0740. The molecule has 1 N–H and O–H groups in total. The smallest absolute Gasteiger partial charge is 0.234 e. The fourth-order valence-corrected chi connectivity index (χ4v) is 1.77. The van der Waals surface area contributed by atoms with E-state index in [2.05, 4.69) is 5.32 Å². The number of amides is 1. The zero-order valence-corrected chi connectivity index (χ0v) is 10.3. The molecule has 3 nitrogen and oxygen atoms in total. The van der Waals surface area contributed by atoms with E-state index in [0.717, 1.165) is 11.3 Å². The molecule has 0 aliphatic heterocycles. The fraction of sp³-hybridized carbons (Fsp3) is 0.333. The summed E-state index contributed by atoms with van der Waals surface area (Å²) in [4.78, 5) is 22.1. The summed E-state index contributed by atoms with van der Waals surface area (Å²) < 4.78 is 0. The summed E-state index contributed by atoms with van der Waals surface area (Å²) in [6, 6.07) is 7.61. The first kappa shape index (κ1) is 12.8. The predicted molar refractivity (Wildman–Crippen MR) is 67.8 cm³/mol. The lowest BCUT2D eigenvalue weighted by atomic mass is 10.2. The van der Waals surface area contributed by atoms with E-state index in [1.165, 1.54) is 18.7 Å². The SMILES string of the molecule is CC(=O)CSCC(=O)Nc1ccc(C)cc1. The first-order valence-corrected chi connectivity index (χ1v) is 6.17. The minimum atomic E-state index is -0.0740. The molecule has 4 heteroatoms. The van der Waals surface area contributed by atoms with Crippen LogP contribution in [0.3, 0.4) is 0 Å². The number of ketones is 1. The highest BCUT2D eigenvalue weighted by atomic mass is 32.2. The molecule has 0 atom stereocenters. The van der Waals surface area contributed by atoms with Gasteiger partial charge < -0.3 is 5.32 Å².